The Morgan fingerprint density at radius 2 is 1.20 bits per heavy atom. The average Bonchev–Trinajstić information content (AvgIpc) is 1.37. The van der Waals surface area contributed by atoms with Crippen LogP contribution in [0.25, 0.3) is 0 Å². The molecule has 0 nitrogen and oxygen atoms in total. The summed E-state index contributed by atoms with van der Waals surface area (Å²) in [6.07, 6.45) is 2.56. The SMILES string of the molecule is [CH-]=CC=[CH-].[Rh+3]. The largest absolute Gasteiger partial charge is 3.00 e. The fourth-order valence-corrected chi connectivity index (χ4v) is 0. The van der Waals surface area contributed by atoms with E-state index in [1.54, 1.807) is 0 Å². The minimum absolute atomic E-state index is 0. The summed E-state index contributed by atoms with van der Waals surface area (Å²) in [4.78, 5) is 0. The third-order valence-corrected chi connectivity index (χ3v) is 0.111. The summed E-state index contributed by atoms with van der Waals surface area (Å²) in [5.74, 6) is 0. The molecular weight excluding hydrogens is 151 g/mol. The zero-order valence-corrected chi connectivity index (χ0v) is 4.28. The Balaban J connectivity index is 0. The molecule has 0 bridgehead atoms. The third-order valence-electron chi connectivity index (χ3n) is 0.111. The predicted octanol–water partition coefficient (Wildman–Crippen LogP) is 0.962. The summed E-state index contributed by atoms with van der Waals surface area (Å²) in [7, 11) is 0. The summed E-state index contributed by atoms with van der Waals surface area (Å²) < 4.78 is 0. The van der Waals surface area contributed by atoms with Crippen molar-refractivity contribution in [2.45, 2.75) is 0 Å². The first kappa shape index (κ1) is 8.92. The maximum atomic E-state index is 4.72. The third kappa shape index (κ3) is 14.9. The molecule has 0 aromatic heterocycles. The predicted molar refractivity (Wildman–Crippen MR) is 17.7 cm³/mol. The van der Waals surface area contributed by atoms with Crippen molar-refractivity contribution >= 4 is 0 Å². The molecule has 0 atom stereocenters. The molecule has 0 spiro atoms. The fraction of sp³-hybridized carbons (Fsp3) is 0. The van der Waals surface area contributed by atoms with Gasteiger partial charge in [0.25, 0.3) is 0 Å². The molecular formula is C4H4Rh+. The van der Waals surface area contributed by atoms with Gasteiger partial charge in [0, 0.05) is 0 Å². The van der Waals surface area contributed by atoms with Crippen molar-refractivity contribution in [3.8, 4) is 0 Å². The quantitative estimate of drug-likeness (QED) is 0.300. The van der Waals surface area contributed by atoms with Crippen molar-refractivity contribution < 1.29 is 19.5 Å². The zero-order chi connectivity index (χ0) is 3.41. The van der Waals surface area contributed by atoms with Crippen LogP contribution in [0, 0.1) is 13.2 Å². The van der Waals surface area contributed by atoms with Crippen LogP contribution in [0.3, 0.4) is 0 Å². The minimum Gasteiger partial charge on any atom is -0.394 e. The van der Waals surface area contributed by atoms with Crippen molar-refractivity contribution in [2.75, 3.05) is 0 Å². The van der Waals surface area contributed by atoms with Gasteiger partial charge in [0.15, 0.2) is 0 Å². The molecule has 0 unspecified atom stereocenters. The first-order chi connectivity index (χ1) is 1.91. The first-order valence-corrected chi connectivity index (χ1v) is 1.00. The van der Waals surface area contributed by atoms with Gasteiger partial charge in [-0.3, -0.25) is 0 Å². The van der Waals surface area contributed by atoms with E-state index in [-0.39, 0.29) is 19.5 Å². The van der Waals surface area contributed by atoms with E-state index in [0.29, 0.717) is 0 Å². The van der Waals surface area contributed by atoms with Gasteiger partial charge in [0.2, 0.25) is 0 Å². The van der Waals surface area contributed by atoms with Crippen LogP contribution in [0.15, 0.2) is 12.2 Å². The van der Waals surface area contributed by atoms with E-state index in [1.165, 1.54) is 12.2 Å². The van der Waals surface area contributed by atoms with Crippen LogP contribution in [0.5, 0.6) is 0 Å². The molecule has 0 aliphatic carbocycles. The van der Waals surface area contributed by atoms with E-state index in [4.69, 9.17) is 13.2 Å². The van der Waals surface area contributed by atoms with Crippen LogP contribution in [-0.2, 0) is 19.5 Å². The van der Waals surface area contributed by atoms with Crippen LogP contribution in [-0.4, -0.2) is 0 Å². The maximum absolute atomic E-state index is 4.72. The molecule has 0 saturated carbocycles. The summed E-state index contributed by atoms with van der Waals surface area (Å²) in [6.45, 7) is 9.44. The van der Waals surface area contributed by atoms with E-state index in [1.807, 2.05) is 0 Å². The monoisotopic (exact) mass is 155 g/mol. The summed E-state index contributed by atoms with van der Waals surface area (Å²) in [5, 5.41) is 0. The molecule has 0 aromatic carbocycles. The van der Waals surface area contributed by atoms with Gasteiger partial charge >= 0.3 is 19.5 Å². The van der Waals surface area contributed by atoms with Gasteiger partial charge in [-0.25, -0.2) is 0 Å². The molecule has 0 saturated heterocycles. The Labute approximate surface area is 45.3 Å². The summed E-state index contributed by atoms with van der Waals surface area (Å²) in [6, 6.07) is 0. The molecule has 0 amide bonds. The van der Waals surface area contributed by atoms with E-state index in [0.717, 1.165) is 0 Å². The van der Waals surface area contributed by atoms with E-state index >= 15 is 0 Å². The van der Waals surface area contributed by atoms with Crippen LogP contribution < -0.4 is 0 Å². The Morgan fingerprint density at radius 3 is 1.20 bits per heavy atom. The van der Waals surface area contributed by atoms with Gasteiger partial charge in [-0.2, -0.15) is 0 Å². The Kier molecular flexibility index (Phi) is 15.9. The smallest absolute Gasteiger partial charge is 0.394 e. The van der Waals surface area contributed by atoms with Crippen LogP contribution >= 0.6 is 0 Å². The molecule has 0 aliphatic heterocycles. The second-order valence-electron chi connectivity index (χ2n) is 0.385. The van der Waals surface area contributed by atoms with E-state index in [2.05, 4.69) is 0 Å². The average molecular weight is 155 g/mol. The topological polar surface area (TPSA) is 0 Å². The van der Waals surface area contributed by atoms with Gasteiger partial charge in [-0.1, -0.05) is 0 Å². The summed E-state index contributed by atoms with van der Waals surface area (Å²) >= 11 is 0. The van der Waals surface area contributed by atoms with Gasteiger partial charge in [-0.05, 0) is 0 Å². The molecule has 5 heavy (non-hydrogen) atoms. The van der Waals surface area contributed by atoms with Gasteiger partial charge in [-0.15, -0.1) is 0 Å². The van der Waals surface area contributed by atoms with Gasteiger partial charge < -0.3 is 25.3 Å². The second kappa shape index (κ2) is 8.93. The first-order valence-electron chi connectivity index (χ1n) is 1.00. The van der Waals surface area contributed by atoms with Gasteiger partial charge in [0.1, 0.15) is 0 Å². The molecule has 0 radical (unpaired) electrons. The Bertz CT molecular complexity index is 24.6. The molecule has 28 valence electrons. The van der Waals surface area contributed by atoms with Crippen molar-refractivity contribution in [1.82, 2.24) is 0 Å². The van der Waals surface area contributed by atoms with Gasteiger partial charge in [0.05, 0.1) is 0 Å². The van der Waals surface area contributed by atoms with Crippen LogP contribution in [0.4, 0.5) is 0 Å². The van der Waals surface area contributed by atoms with Crippen molar-refractivity contribution in [3.05, 3.63) is 25.3 Å². The molecule has 0 aliphatic rings. The molecule has 0 rings (SSSR count). The minimum atomic E-state index is 0. The zero-order valence-electron chi connectivity index (χ0n) is 2.64. The van der Waals surface area contributed by atoms with Crippen molar-refractivity contribution in [3.63, 3.8) is 0 Å². The number of hydrogen-bond donors (Lipinski definition) is 0. The van der Waals surface area contributed by atoms with E-state index < -0.39 is 0 Å². The molecule has 0 fully saturated rings. The molecule has 0 heterocycles. The number of allylic oxidation sites excluding steroid dienone is 2. The normalized spacial score (nSPS) is 4.00. The van der Waals surface area contributed by atoms with Crippen LogP contribution in [0.2, 0.25) is 0 Å². The maximum Gasteiger partial charge on any atom is 3.00 e. The molecule has 0 N–H and O–H groups in total. The number of rotatable bonds is 1. The Morgan fingerprint density at radius 1 is 1.00 bits per heavy atom. The second-order valence-corrected chi connectivity index (χ2v) is 0.385. The van der Waals surface area contributed by atoms with Crippen molar-refractivity contribution in [2.24, 2.45) is 0 Å². The van der Waals surface area contributed by atoms with E-state index in [9.17, 15) is 0 Å². The van der Waals surface area contributed by atoms with Crippen molar-refractivity contribution in [1.29, 1.82) is 0 Å². The summed E-state index contributed by atoms with van der Waals surface area (Å²) in [5.41, 5.74) is 0. The fourth-order valence-electron chi connectivity index (χ4n) is 0. The molecule has 1 heteroatoms. The Hall–Kier alpha value is 0.103. The standard InChI is InChI=1S/C4H4.Rh/c1-3-4-2;/h1-4H;/q-2;+3. The number of hydrogen-bond acceptors (Lipinski definition) is 0. The molecule has 0 aromatic rings. The van der Waals surface area contributed by atoms with Crippen LogP contribution in [0.1, 0.15) is 0 Å².